The molecule has 1 aromatic heterocycles. The van der Waals surface area contributed by atoms with Gasteiger partial charge in [0, 0.05) is 19.0 Å². The SMILES string of the molecule is CCC(N)(CC)CNC(=O)c1ccccc1OCc1noc(C)n1.Cl. The number of nitrogens with zero attached hydrogens (tertiary/aromatic N) is 2. The summed E-state index contributed by atoms with van der Waals surface area (Å²) in [6, 6.07) is 7.04. The first-order valence-electron chi connectivity index (χ1n) is 8.05. The quantitative estimate of drug-likeness (QED) is 0.742. The maximum Gasteiger partial charge on any atom is 0.255 e. The van der Waals surface area contributed by atoms with Crippen molar-refractivity contribution in [3.8, 4) is 5.75 Å². The van der Waals surface area contributed by atoms with Crippen molar-refractivity contribution in [1.29, 1.82) is 0 Å². The molecule has 1 heterocycles. The molecule has 0 atom stereocenters. The first kappa shape index (κ1) is 20.9. The van der Waals surface area contributed by atoms with Crippen LogP contribution in [0.1, 0.15) is 48.8 Å². The Kier molecular flexibility index (Phi) is 7.86. The number of nitrogens with one attached hydrogen (secondary N) is 1. The Balaban J connectivity index is 0.00000312. The van der Waals surface area contributed by atoms with Crippen molar-refractivity contribution >= 4 is 18.3 Å². The molecule has 3 N–H and O–H groups in total. The molecule has 0 spiro atoms. The van der Waals surface area contributed by atoms with Crippen LogP contribution in [0, 0.1) is 6.92 Å². The molecule has 138 valence electrons. The molecule has 0 saturated carbocycles. The Bertz CT molecular complexity index is 686. The number of rotatable bonds is 8. The van der Waals surface area contributed by atoms with Gasteiger partial charge in [0.15, 0.2) is 6.61 Å². The number of ether oxygens (including phenoxy) is 1. The molecule has 0 fully saturated rings. The van der Waals surface area contributed by atoms with Crippen LogP contribution >= 0.6 is 12.4 Å². The Morgan fingerprint density at radius 3 is 2.60 bits per heavy atom. The Morgan fingerprint density at radius 2 is 2.00 bits per heavy atom. The number of halogens is 1. The average molecular weight is 369 g/mol. The predicted octanol–water partition coefficient (Wildman–Crippen LogP) is 2.63. The summed E-state index contributed by atoms with van der Waals surface area (Å²) in [5, 5.41) is 6.66. The smallest absolute Gasteiger partial charge is 0.255 e. The molecular formula is C17H25ClN4O3. The minimum atomic E-state index is -0.395. The van der Waals surface area contributed by atoms with Crippen molar-refractivity contribution in [2.45, 2.75) is 45.8 Å². The third-order valence-electron chi connectivity index (χ3n) is 4.07. The normalized spacial score (nSPS) is 10.9. The maximum atomic E-state index is 12.5. The highest BCUT2D eigenvalue weighted by molar-refractivity contribution is 5.96. The Labute approximate surface area is 153 Å². The summed E-state index contributed by atoms with van der Waals surface area (Å²) >= 11 is 0. The minimum Gasteiger partial charge on any atom is -0.485 e. The lowest BCUT2D eigenvalue weighted by Crippen LogP contribution is -2.49. The largest absolute Gasteiger partial charge is 0.485 e. The lowest BCUT2D eigenvalue weighted by atomic mass is 9.94. The standard InChI is InChI=1S/C17H24N4O3.ClH/c1-4-17(18,5-2)11-19-16(22)13-8-6-7-9-14(13)23-10-15-20-12(3)24-21-15;/h6-9H,4-5,10-11,18H2,1-3H3,(H,19,22);1H. The van der Waals surface area contributed by atoms with Gasteiger partial charge in [0.2, 0.25) is 11.7 Å². The van der Waals surface area contributed by atoms with Gasteiger partial charge in [-0.2, -0.15) is 4.98 Å². The summed E-state index contributed by atoms with van der Waals surface area (Å²) in [4.78, 5) is 16.5. The second-order valence-electron chi connectivity index (χ2n) is 5.77. The summed E-state index contributed by atoms with van der Waals surface area (Å²) < 4.78 is 10.6. The summed E-state index contributed by atoms with van der Waals surface area (Å²) in [5.74, 6) is 1.15. The van der Waals surface area contributed by atoms with Crippen molar-refractivity contribution in [2.75, 3.05) is 6.54 Å². The second-order valence-corrected chi connectivity index (χ2v) is 5.77. The number of carbonyl (C=O) groups excluding carboxylic acids is 1. The molecule has 0 aliphatic rings. The molecule has 2 rings (SSSR count). The summed E-state index contributed by atoms with van der Waals surface area (Å²) in [6.07, 6.45) is 1.58. The lowest BCUT2D eigenvalue weighted by molar-refractivity contribution is 0.0937. The van der Waals surface area contributed by atoms with Crippen LogP contribution in [0.4, 0.5) is 0 Å². The number of amides is 1. The number of aromatic nitrogens is 2. The van der Waals surface area contributed by atoms with Crippen LogP contribution in [-0.4, -0.2) is 28.1 Å². The van der Waals surface area contributed by atoms with Gasteiger partial charge in [-0.05, 0) is 25.0 Å². The number of hydrogen-bond donors (Lipinski definition) is 2. The molecule has 7 nitrogen and oxygen atoms in total. The van der Waals surface area contributed by atoms with E-state index in [4.69, 9.17) is 15.0 Å². The fourth-order valence-corrected chi connectivity index (χ4v) is 2.17. The lowest BCUT2D eigenvalue weighted by Gasteiger charge is -2.27. The van der Waals surface area contributed by atoms with E-state index in [9.17, 15) is 4.79 Å². The van der Waals surface area contributed by atoms with E-state index in [1.807, 2.05) is 13.8 Å². The first-order chi connectivity index (χ1) is 11.5. The van der Waals surface area contributed by atoms with E-state index < -0.39 is 5.54 Å². The van der Waals surface area contributed by atoms with Crippen molar-refractivity contribution in [1.82, 2.24) is 15.5 Å². The number of carbonyl (C=O) groups is 1. The van der Waals surface area contributed by atoms with E-state index in [2.05, 4.69) is 15.5 Å². The highest BCUT2D eigenvalue weighted by Crippen LogP contribution is 2.19. The molecule has 8 heteroatoms. The summed E-state index contributed by atoms with van der Waals surface area (Å²) in [5.41, 5.74) is 6.28. The topological polar surface area (TPSA) is 103 Å². The van der Waals surface area contributed by atoms with Crippen molar-refractivity contribution in [2.24, 2.45) is 5.73 Å². The van der Waals surface area contributed by atoms with Crippen molar-refractivity contribution in [3.05, 3.63) is 41.5 Å². The zero-order chi connectivity index (χ0) is 17.6. The third kappa shape index (κ3) is 5.72. The van der Waals surface area contributed by atoms with E-state index >= 15 is 0 Å². The maximum absolute atomic E-state index is 12.5. The summed E-state index contributed by atoms with van der Waals surface area (Å²) in [7, 11) is 0. The van der Waals surface area contributed by atoms with Gasteiger partial charge in [-0.1, -0.05) is 31.1 Å². The van der Waals surface area contributed by atoms with Gasteiger partial charge < -0.3 is 20.3 Å². The summed E-state index contributed by atoms with van der Waals surface area (Å²) in [6.45, 7) is 6.28. The molecule has 0 radical (unpaired) electrons. The van der Waals surface area contributed by atoms with Crippen LogP contribution in [0.3, 0.4) is 0 Å². The van der Waals surface area contributed by atoms with Gasteiger partial charge in [-0.25, -0.2) is 0 Å². The Morgan fingerprint density at radius 1 is 1.32 bits per heavy atom. The molecule has 0 bridgehead atoms. The Hall–Kier alpha value is -2.12. The van der Waals surface area contributed by atoms with Gasteiger partial charge in [0.05, 0.1) is 5.56 Å². The van der Waals surface area contributed by atoms with Gasteiger partial charge in [0.1, 0.15) is 5.75 Å². The monoisotopic (exact) mass is 368 g/mol. The van der Waals surface area contributed by atoms with Crippen LogP contribution in [0.15, 0.2) is 28.8 Å². The van der Waals surface area contributed by atoms with Crippen LogP contribution in [0.2, 0.25) is 0 Å². The molecule has 2 aromatic rings. The minimum absolute atomic E-state index is 0. The molecule has 25 heavy (non-hydrogen) atoms. The fraction of sp³-hybridized carbons (Fsp3) is 0.471. The van der Waals surface area contributed by atoms with E-state index in [-0.39, 0.29) is 24.9 Å². The molecule has 0 saturated heterocycles. The molecule has 0 aliphatic heterocycles. The molecule has 0 unspecified atom stereocenters. The van der Waals surface area contributed by atoms with Crippen LogP contribution in [0.5, 0.6) is 5.75 Å². The fourth-order valence-electron chi connectivity index (χ4n) is 2.17. The van der Waals surface area contributed by atoms with E-state index in [0.717, 1.165) is 12.8 Å². The zero-order valence-corrected chi connectivity index (χ0v) is 15.6. The molecular weight excluding hydrogens is 344 g/mol. The highest BCUT2D eigenvalue weighted by Gasteiger charge is 2.22. The number of aryl methyl sites for hydroxylation is 1. The van der Waals surface area contributed by atoms with E-state index in [1.165, 1.54) is 0 Å². The molecule has 1 amide bonds. The van der Waals surface area contributed by atoms with Crippen LogP contribution in [-0.2, 0) is 6.61 Å². The van der Waals surface area contributed by atoms with Gasteiger partial charge >= 0.3 is 0 Å². The molecule has 0 aliphatic carbocycles. The van der Waals surface area contributed by atoms with Crippen molar-refractivity contribution in [3.63, 3.8) is 0 Å². The first-order valence-corrected chi connectivity index (χ1v) is 8.05. The van der Waals surface area contributed by atoms with Crippen LogP contribution in [0.25, 0.3) is 0 Å². The van der Waals surface area contributed by atoms with E-state index in [0.29, 0.717) is 29.6 Å². The highest BCUT2D eigenvalue weighted by atomic mass is 35.5. The number of nitrogens with two attached hydrogens (primary N) is 1. The predicted molar refractivity (Wildman–Crippen MR) is 96.9 cm³/mol. The number of hydrogen-bond acceptors (Lipinski definition) is 6. The zero-order valence-electron chi connectivity index (χ0n) is 14.7. The van der Waals surface area contributed by atoms with Crippen LogP contribution < -0.4 is 15.8 Å². The number of para-hydroxylation sites is 1. The van der Waals surface area contributed by atoms with Gasteiger partial charge in [0.25, 0.3) is 5.91 Å². The second kappa shape index (κ2) is 9.39. The van der Waals surface area contributed by atoms with Gasteiger partial charge in [-0.3, -0.25) is 4.79 Å². The van der Waals surface area contributed by atoms with E-state index in [1.54, 1.807) is 31.2 Å². The van der Waals surface area contributed by atoms with Gasteiger partial charge in [-0.15, -0.1) is 12.4 Å². The number of benzene rings is 1. The average Bonchev–Trinajstić information content (AvgIpc) is 3.03. The molecule has 1 aromatic carbocycles. The van der Waals surface area contributed by atoms with Crippen molar-refractivity contribution < 1.29 is 14.1 Å². The third-order valence-corrected chi connectivity index (χ3v) is 4.07.